The molecular weight excluding hydrogens is 326 g/mol. The Labute approximate surface area is 98.4 Å². The Balaban J connectivity index is 3.36. The average Bonchev–Trinajstić information content (AvgIpc) is 2.17. The third-order valence-electron chi connectivity index (χ3n) is 1.77. The molecule has 1 N–H and O–H groups in total. The molecule has 0 radical (unpaired) electrons. The van der Waals surface area contributed by atoms with Gasteiger partial charge in [-0.15, -0.1) is 11.6 Å². The molecule has 0 spiro atoms. The van der Waals surface area contributed by atoms with Crippen molar-refractivity contribution >= 4 is 34.2 Å². The van der Waals surface area contributed by atoms with Gasteiger partial charge in [0.25, 0.3) is 6.43 Å². The highest BCUT2D eigenvalue weighted by atomic mass is 127. The number of aliphatic hydroxyl groups excluding tert-OH is 1. The Morgan fingerprint density at radius 1 is 1.57 bits per heavy atom. The molecule has 0 aliphatic rings. The van der Waals surface area contributed by atoms with Gasteiger partial charge in [0.15, 0.2) is 0 Å². The first-order valence-electron chi connectivity index (χ1n) is 3.73. The number of halogens is 4. The van der Waals surface area contributed by atoms with Gasteiger partial charge in [0.05, 0.1) is 6.61 Å². The van der Waals surface area contributed by atoms with Crippen LogP contribution in [0.2, 0.25) is 0 Å². The summed E-state index contributed by atoms with van der Waals surface area (Å²) in [6.45, 7) is -0.449. The maximum atomic E-state index is 12.6. The minimum Gasteiger partial charge on any atom is -0.392 e. The SMILES string of the molecule is OCc1c(I)ncc(CCl)c1C(F)F. The summed E-state index contributed by atoms with van der Waals surface area (Å²) in [7, 11) is 0. The first kappa shape index (κ1) is 12.1. The van der Waals surface area contributed by atoms with E-state index in [1.54, 1.807) is 22.6 Å². The molecule has 0 saturated heterocycles. The molecule has 0 unspecified atom stereocenters. The Kier molecular flexibility index (Phi) is 4.46. The second kappa shape index (κ2) is 5.18. The van der Waals surface area contributed by atoms with E-state index in [-0.39, 0.29) is 22.6 Å². The number of alkyl halides is 3. The van der Waals surface area contributed by atoms with Crippen LogP contribution in [-0.2, 0) is 12.5 Å². The summed E-state index contributed by atoms with van der Waals surface area (Å²) in [6.07, 6.45) is -1.32. The van der Waals surface area contributed by atoms with Gasteiger partial charge in [0.2, 0.25) is 0 Å². The fourth-order valence-corrected chi connectivity index (χ4v) is 1.93. The van der Waals surface area contributed by atoms with Crippen LogP contribution in [0.15, 0.2) is 6.20 Å². The average molecular weight is 334 g/mol. The van der Waals surface area contributed by atoms with Crippen molar-refractivity contribution in [2.24, 2.45) is 0 Å². The Morgan fingerprint density at radius 3 is 2.64 bits per heavy atom. The number of rotatable bonds is 3. The first-order chi connectivity index (χ1) is 6.61. The van der Waals surface area contributed by atoms with E-state index in [0.29, 0.717) is 3.70 Å². The van der Waals surface area contributed by atoms with Gasteiger partial charge in [0, 0.05) is 23.2 Å². The van der Waals surface area contributed by atoms with Crippen LogP contribution in [0.3, 0.4) is 0 Å². The predicted molar refractivity (Wildman–Crippen MR) is 57.4 cm³/mol. The number of nitrogens with zero attached hydrogens (tertiary/aromatic N) is 1. The van der Waals surface area contributed by atoms with E-state index in [2.05, 4.69) is 4.98 Å². The quantitative estimate of drug-likeness (QED) is 0.524. The Morgan fingerprint density at radius 2 is 2.21 bits per heavy atom. The highest BCUT2D eigenvalue weighted by Crippen LogP contribution is 2.29. The second-order valence-corrected chi connectivity index (χ2v) is 3.85. The minimum absolute atomic E-state index is 0.0312. The third kappa shape index (κ3) is 2.32. The van der Waals surface area contributed by atoms with Crippen molar-refractivity contribution in [3.63, 3.8) is 0 Å². The summed E-state index contributed by atoms with van der Waals surface area (Å²) in [5.41, 5.74) is 0.242. The fourth-order valence-electron chi connectivity index (χ4n) is 1.12. The zero-order chi connectivity index (χ0) is 10.7. The van der Waals surface area contributed by atoms with E-state index >= 15 is 0 Å². The number of hydrogen-bond donors (Lipinski definition) is 1. The van der Waals surface area contributed by atoms with Crippen molar-refractivity contribution in [2.75, 3.05) is 0 Å². The molecule has 0 bridgehead atoms. The zero-order valence-electron chi connectivity index (χ0n) is 6.98. The molecule has 1 aromatic heterocycles. The van der Waals surface area contributed by atoms with Gasteiger partial charge in [-0.25, -0.2) is 13.8 Å². The van der Waals surface area contributed by atoms with Crippen LogP contribution >= 0.6 is 34.2 Å². The molecule has 0 aliphatic carbocycles. The van der Waals surface area contributed by atoms with Crippen molar-refractivity contribution in [1.29, 1.82) is 0 Å². The molecule has 6 heteroatoms. The van der Waals surface area contributed by atoms with Gasteiger partial charge in [-0.2, -0.15) is 0 Å². The fraction of sp³-hybridized carbons (Fsp3) is 0.375. The second-order valence-electron chi connectivity index (χ2n) is 2.56. The van der Waals surface area contributed by atoms with Crippen molar-refractivity contribution in [3.8, 4) is 0 Å². The summed E-state index contributed by atoms with van der Waals surface area (Å²) in [6, 6.07) is 0. The Hall–Kier alpha value is -0.0100. The smallest absolute Gasteiger partial charge is 0.264 e. The Bertz CT molecular complexity index is 335. The normalized spacial score (nSPS) is 11.0. The van der Waals surface area contributed by atoms with E-state index in [4.69, 9.17) is 16.7 Å². The maximum absolute atomic E-state index is 12.6. The monoisotopic (exact) mass is 333 g/mol. The summed E-state index contributed by atoms with van der Waals surface area (Å²) in [5, 5.41) is 8.95. The summed E-state index contributed by atoms with van der Waals surface area (Å²) < 4.78 is 25.7. The molecule has 0 aliphatic heterocycles. The molecule has 0 amide bonds. The molecular formula is C8H7ClF2INO. The lowest BCUT2D eigenvalue weighted by molar-refractivity contribution is 0.145. The molecule has 0 atom stereocenters. The van der Waals surface area contributed by atoms with Crippen molar-refractivity contribution in [1.82, 2.24) is 4.98 Å². The zero-order valence-corrected chi connectivity index (χ0v) is 9.89. The van der Waals surface area contributed by atoms with Crippen LogP contribution in [0.1, 0.15) is 23.1 Å². The van der Waals surface area contributed by atoms with E-state index in [9.17, 15) is 8.78 Å². The highest BCUT2D eigenvalue weighted by molar-refractivity contribution is 14.1. The van der Waals surface area contributed by atoms with Gasteiger partial charge in [-0.3, -0.25) is 0 Å². The van der Waals surface area contributed by atoms with Gasteiger partial charge in [-0.05, 0) is 28.2 Å². The molecule has 1 aromatic rings. The molecule has 14 heavy (non-hydrogen) atoms. The summed E-state index contributed by atoms with van der Waals surface area (Å²) in [5.74, 6) is -0.0312. The van der Waals surface area contributed by atoms with E-state index in [1.165, 1.54) is 6.20 Å². The molecule has 2 nitrogen and oxygen atoms in total. The van der Waals surface area contributed by atoms with E-state index < -0.39 is 13.0 Å². The number of aromatic nitrogens is 1. The largest absolute Gasteiger partial charge is 0.392 e. The van der Waals surface area contributed by atoms with E-state index in [1.807, 2.05) is 0 Å². The molecule has 78 valence electrons. The predicted octanol–water partition coefficient (Wildman–Crippen LogP) is 2.85. The number of aliphatic hydroxyl groups is 1. The standard InChI is InChI=1S/C8H7ClF2INO/c9-1-4-2-13-8(12)5(3-14)6(4)7(10)11/h2,7,14H,1,3H2. The van der Waals surface area contributed by atoms with Gasteiger partial charge < -0.3 is 5.11 Å². The van der Waals surface area contributed by atoms with Crippen LogP contribution in [-0.4, -0.2) is 10.1 Å². The highest BCUT2D eigenvalue weighted by Gasteiger charge is 2.19. The molecule has 1 rings (SSSR count). The van der Waals surface area contributed by atoms with Crippen LogP contribution < -0.4 is 0 Å². The lowest BCUT2D eigenvalue weighted by Gasteiger charge is -2.11. The van der Waals surface area contributed by atoms with Crippen LogP contribution in [0, 0.1) is 3.70 Å². The number of pyridine rings is 1. The number of hydrogen-bond acceptors (Lipinski definition) is 2. The van der Waals surface area contributed by atoms with Crippen LogP contribution in [0.4, 0.5) is 8.78 Å². The van der Waals surface area contributed by atoms with Gasteiger partial charge in [-0.1, -0.05) is 0 Å². The minimum atomic E-state index is -2.64. The van der Waals surface area contributed by atoms with Crippen molar-refractivity contribution < 1.29 is 13.9 Å². The summed E-state index contributed by atoms with van der Waals surface area (Å²) in [4.78, 5) is 3.87. The topological polar surface area (TPSA) is 33.1 Å². The van der Waals surface area contributed by atoms with Gasteiger partial charge >= 0.3 is 0 Å². The molecule has 0 fully saturated rings. The molecule has 0 saturated carbocycles. The maximum Gasteiger partial charge on any atom is 0.264 e. The lowest BCUT2D eigenvalue weighted by atomic mass is 10.1. The molecule has 1 heterocycles. The van der Waals surface area contributed by atoms with Gasteiger partial charge in [0.1, 0.15) is 3.70 Å². The third-order valence-corrected chi connectivity index (χ3v) is 2.99. The van der Waals surface area contributed by atoms with Crippen molar-refractivity contribution in [3.05, 3.63) is 26.6 Å². The van der Waals surface area contributed by atoms with E-state index in [0.717, 1.165) is 0 Å². The lowest BCUT2D eigenvalue weighted by Crippen LogP contribution is -2.04. The first-order valence-corrected chi connectivity index (χ1v) is 5.34. The van der Waals surface area contributed by atoms with Crippen molar-refractivity contribution in [2.45, 2.75) is 18.9 Å². The molecule has 0 aromatic carbocycles. The van der Waals surface area contributed by atoms with Crippen LogP contribution in [0.25, 0.3) is 0 Å². The van der Waals surface area contributed by atoms with Crippen LogP contribution in [0.5, 0.6) is 0 Å². The summed E-state index contributed by atoms with van der Waals surface area (Å²) >= 11 is 7.30.